The van der Waals surface area contributed by atoms with Crippen LogP contribution in [0.4, 0.5) is 0 Å². The summed E-state index contributed by atoms with van der Waals surface area (Å²) in [6.45, 7) is 0.205. The summed E-state index contributed by atoms with van der Waals surface area (Å²) in [6.07, 6.45) is 5.22. The third-order valence-corrected chi connectivity index (χ3v) is 4.92. The number of rotatable bonds is 17. The number of aliphatic imine (C=N–C) groups is 1. The monoisotopic (exact) mass is 496 g/mol. The van der Waals surface area contributed by atoms with Crippen LogP contribution in [0.15, 0.2) is 17.5 Å². The van der Waals surface area contributed by atoms with E-state index in [1.54, 1.807) is 0 Å². The van der Waals surface area contributed by atoms with Gasteiger partial charge in [-0.2, -0.15) is 0 Å². The lowest BCUT2D eigenvalue weighted by atomic mass is 10.1. The number of carboxylic acids is 1. The summed E-state index contributed by atoms with van der Waals surface area (Å²) in [5, 5.41) is 16.6. The number of hydrogen-bond acceptors (Lipinski definition) is 8. The van der Waals surface area contributed by atoms with E-state index in [-0.39, 0.29) is 25.3 Å². The van der Waals surface area contributed by atoms with Crippen LogP contribution >= 0.6 is 0 Å². The quantitative estimate of drug-likeness (QED) is 0.0586. The van der Waals surface area contributed by atoms with Gasteiger partial charge in [0.1, 0.15) is 12.1 Å². The van der Waals surface area contributed by atoms with Gasteiger partial charge in [-0.05, 0) is 32.2 Å². The van der Waals surface area contributed by atoms with Crippen molar-refractivity contribution in [3.63, 3.8) is 0 Å². The first-order valence-electron chi connectivity index (χ1n) is 11.2. The minimum Gasteiger partial charge on any atom is -0.480 e. The maximum absolute atomic E-state index is 12.7. The normalized spacial score (nSPS) is 13.2. The number of carbonyl (C=O) groups excluding carboxylic acids is 3. The molecule has 0 spiro atoms. The van der Waals surface area contributed by atoms with Crippen LogP contribution in [0, 0.1) is 0 Å². The van der Waals surface area contributed by atoms with E-state index in [1.807, 2.05) is 0 Å². The Kier molecular flexibility index (Phi) is 13.4. The Morgan fingerprint density at radius 3 is 2.40 bits per heavy atom. The molecule has 3 atom stereocenters. The van der Waals surface area contributed by atoms with Crippen LogP contribution in [0.5, 0.6) is 0 Å². The molecule has 3 amide bonds. The van der Waals surface area contributed by atoms with Gasteiger partial charge in [0, 0.05) is 24.9 Å². The van der Waals surface area contributed by atoms with Crippen LogP contribution in [0.25, 0.3) is 0 Å². The van der Waals surface area contributed by atoms with Gasteiger partial charge in [0.25, 0.3) is 0 Å². The number of imidazole rings is 1. The van der Waals surface area contributed by atoms with Crippen molar-refractivity contribution < 1.29 is 24.3 Å². The summed E-state index contributed by atoms with van der Waals surface area (Å²) in [7, 11) is 0. The lowest BCUT2D eigenvalue weighted by Crippen LogP contribution is -2.54. The van der Waals surface area contributed by atoms with Crippen molar-refractivity contribution in [2.24, 2.45) is 27.9 Å². The van der Waals surface area contributed by atoms with E-state index in [1.165, 1.54) is 12.5 Å². The van der Waals surface area contributed by atoms with Gasteiger partial charge in [-0.3, -0.25) is 19.4 Å². The second-order valence-electron chi connectivity index (χ2n) is 7.86. The molecular formula is C20H36N10O5. The molecule has 0 aliphatic rings. The first-order chi connectivity index (χ1) is 16.6. The van der Waals surface area contributed by atoms with Crippen molar-refractivity contribution >= 4 is 29.7 Å². The maximum Gasteiger partial charge on any atom is 0.326 e. The zero-order valence-corrected chi connectivity index (χ0v) is 19.5. The topological polar surface area (TPSA) is 270 Å². The Morgan fingerprint density at radius 1 is 1.06 bits per heavy atom. The molecule has 0 aliphatic carbocycles. The summed E-state index contributed by atoms with van der Waals surface area (Å²) < 4.78 is 0. The number of unbranched alkanes of at least 4 members (excludes halogenated alkanes) is 1. The highest BCUT2D eigenvalue weighted by molar-refractivity contribution is 5.92. The van der Waals surface area contributed by atoms with E-state index in [9.17, 15) is 24.3 Å². The van der Waals surface area contributed by atoms with E-state index < -0.39 is 48.4 Å². The number of carboxylic acid groups (broad SMARTS) is 1. The summed E-state index contributed by atoms with van der Waals surface area (Å²) >= 11 is 0. The van der Waals surface area contributed by atoms with Crippen molar-refractivity contribution in [3.8, 4) is 0 Å². The number of amides is 3. The van der Waals surface area contributed by atoms with Gasteiger partial charge in [0.15, 0.2) is 5.96 Å². The van der Waals surface area contributed by atoms with Gasteiger partial charge in [-0.1, -0.05) is 6.42 Å². The Bertz CT molecular complexity index is 841. The molecule has 15 nitrogen and oxygen atoms in total. The number of aliphatic carboxylic acids is 1. The minimum absolute atomic E-state index is 0.0806. The summed E-state index contributed by atoms with van der Waals surface area (Å²) in [4.78, 5) is 59.3. The van der Waals surface area contributed by atoms with Gasteiger partial charge in [-0.25, -0.2) is 9.78 Å². The lowest BCUT2D eigenvalue weighted by Gasteiger charge is -2.20. The lowest BCUT2D eigenvalue weighted by molar-refractivity contribution is -0.142. The number of nitrogens with two attached hydrogens (primary N) is 4. The molecule has 1 heterocycles. The first kappa shape index (κ1) is 29.3. The van der Waals surface area contributed by atoms with Crippen LogP contribution in [0.3, 0.4) is 0 Å². The fourth-order valence-corrected chi connectivity index (χ4v) is 3.04. The molecule has 35 heavy (non-hydrogen) atoms. The van der Waals surface area contributed by atoms with Crippen molar-refractivity contribution in [3.05, 3.63) is 18.2 Å². The Balaban J connectivity index is 2.66. The zero-order chi connectivity index (χ0) is 26.2. The van der Waals surface area contributed by atoms with E-state index in [0.29, 0.717) is 31.5 Å². The largest absolute Gasteiger partial charge is 0.480 e. The fourth-order valence-electron chi connectivity index (χ4n) is 3.04. The summed E-state index contributed by atoms with van der Waals surface area (Å²) in [5.74, 6) is -3.22. The number of nitrogens with zero attached hydrogens (tertiary/aromatic N) is 2. The first-order valence-corrected chi connectivity index (χ1v) is 11.2. The van der Waals surface area contributed by atoms with Gasteiger partial charge >= 0.3 is 5.97 Å². The predicted octanol–water partition coefficient (Wildman–Crippen LogP) is -3.37. The molecule has 1 aromatic rings. The van der Waals surface area contributed by atoms with E-state index >= 15 is 0 Å². The van der Waals surface area contributed by atoms with Crippen LogP contribution in [0.1, 0.15) is 37.8 Å². The molecular weight excluding hydrogens is 460 g/mol. The molecule has 0 saturated heterocycles. The molecule has 0 radical (unpaired) electrons. The third kappa shape index (κ3) is 12.4. The molecule has 196 valence electrons. The van der Waals surface area contributed by atoms with Crippen molar-refractivity contribution in [2.75, 3.05) is 19.6 Å². The predicted molar refractivity (Wildman–Crippen MR) is 128 cm³/mol. The van der Waals surface area contributed by atoms with Crippen molar-refractivity contribution in [1.82, 2.24) is 25.9 Å². The molecule has 0 saturated carbocycles. The smallest absolute Gasteiger partial charge is 0.326 e. The highest BCUT2D eigenvalue weighted by atomic mass is 16.4. The molecule has 1 aromatic heterocycles. The molecule has 0 fully saturated rings. The molecule has 3 unspecified atom stereocenters. The van der Waals surface area contributed by atoms with Crippen molar-refractivity contribution in [2.45, 2.75) is 56.7 Å². The molecule has 0 aromatic carbocycles. The summed E-state index contributed by atoms with van der Waals surface area (Å²) in [6, 6.07) is -3.04. The van der Waals surface area contributed by atoms with Crippen LogP contribution < -0.4 is 38.9 Å². The Morgan fingerprint density at radius 2 is 1.80 bits per heavy atom. The number of guanidine groups is 1. The number of aromatic amines is 1. The van der Waals surface area contributed by atoms with Gasteiger partial charge < -0.3 is 49.0 Å². The van der Waals surface area contributed by atoms with E-state index in [2.05, 4.69) is 30.9 Å². The molecule has 13 N–H and O–H groups in total. The SMILES string of the molecule is NCCCCC(N)C(=O)NC(Cc1cnc[nH]1)C(=O)NCC(=O)NC(CCCN=C(N)N)C(=O)O. The molecule has 15 heteroatoms. The number of aromatic nitrogens is 2. The Labute approximate surface area is 202 Å². The third-order valence-electron chi connectivity index (χ3n) is 4.92. The summed E-state index contributed by atoms with van der Waals surface area (Å²) in [5.41, 5.74) is 22.4. The minimum atomic E-state index is -1.23. The number of hydrogen-bond donors (Lipinski definition) is 9. The second-order valence-corrected chi connectivity index (χ2v) is 7.86. The van der Waals surface area contributed by atoms with Gasteiger partial charge in [0.05, 0.1) is 18.9 Å². The maximum atomic E-state index is 12.7. The van der Waals surface area contributed by atoms with E-state index in [0.717, 1.165) is 6.42 Å². The molecule has 0 aliphatic heterocycles. The highest BCUT2D eigenvalue weighted by Crippen LogP contribution is 2.03. The fraction of sp³-hybridized carbons (Fsp3) is 0.600. The van der Waals surface area contributed by atoms with Crippen LogP contribution in [0.2, 0.25) is 0 Å². The molecule has 1 rings (SSSR count). The average Bonchev–Trinajstić information content (AvgIpc) is 3.31. The number of H-pyrrole nitrogens is 1. The standard InChI is InChI=1S/C20H36N10O5/c21-6-2-1-4-13(22)17(32)30-15(8-12-9-25-11-28-12)18(33)27-10-16(31)29-14(19(34)35)5-3-7-26-20(23)24/h9,11,13-15H,1-8,10,21-22H2,(H,25,28)(H,27,33)(H,29,31)(H,30,32)(H,34,35)(H4,23,24,26). The van der Waals surface area contributed by atoms with Crippen LogP contribution in [-0.4, -0.2) is 82.5 Å². The van der Waals surface area contributed by atoms with Crippen molar-refractivity contribution in [1.29, 1.82) is 0 Å². The van der Waals surface area contributed by atoms with Crippen LogP contribution in [-0.2, 0) is 25.6 Å². The van der Waals surface area contributed by atoms with Gasteiger partial charge in [0.2, 0.25) is 17.7 Å². The number of nitrogens with one attached hydrogen (secondary N) is 4. The second kappa shape index (κ2) is 16.0. The number of carbonyl (C=O) groups is 4. The molecule has 0 bridgehead atoms. The van der Waals surface area contributed by atoms with Gasteiger partial charge in [-0.15, -0.1) is 0 Å². The zero-order valence-electron chi connectivity index (χ0n) is 19.5. The highest BCUT2D eigenvalue weighted by Gasteiger charge is 2.26. The van der Waals surface area contributed by atoms with E-state index in [4.69, 9.17) is 22.9 Å². The average molecular weight is 497 g/mol. The Hall–Kier alpha value is -3.72.